The van der Waals surface area contributed by atoms with Crippen LogP contribution in [-0.4, -0.2) is 73.0 Å². The molecule has 0 unspecified atom stereocenters. The minimum Gasteiger partial charge on any atom is -0.492 e. The minimum absolute atomic E-state index is 0.0570. The fourth-order valence-corrected chi connectivity index (χ4v) is 4.24. The number of aromatic nitrogens is 1. The molecule has 2 amide bonds. The van der Waals surface area contributed by atoms with Crippen LogP contribution < -0.4 is 10.1 Å². The molecular formula is C24H26N4O3S. The summed E-state index contributed by atoms with van der Waals surface area (Å²) in [4.78, 5) is 34.1. The van der Waals surface area contributed by atoms with Crippen molar-refractivity contribution >= 4 is 23.2 Å². The Balaban J connectivity index is 1.29. The molecule has 0 atom stereocenters. The summed E-state index contributed by atoms with van der Waals surface area (Å²) < 4.78 is 5.59. The third kappa shape index (κ3) is 5.52. The molecule has 0 radical (unpaired) electrons. The second-order valence-corrected chi connectivity index (χ2v) is 8.65. The maximum absolute atomic E-state index is 12.7. The molecule has 1 fully saturated rings. The minimum atomic E-state index is -0.174. The summed E-state index contributed by atoms with van der Waals surface area (Å²) in [6.45, 7) is 4.09. The van der Waals surface area contributed by atoms with Crippen LogP contribution in [0.3, 0.4) is 0 Å². The van der Waals surface area contributed by atoms with Gasteiger partial charge in [-0.25, -0.2) is 4.98 Å². The van der Waals surface area contributed by atoms with Gasteiger partial charge in [0.05, 0.1) is 12.7 Å². The zero-order chi connectivity index (χ0) is 22.3. The van der Waals surface area contributed by atoms with E-state index in [2.05, 4.69) is 22.2 Å². The number of para-hydroxylation sites is 1. The summed E-state index contributed by atoms with van der Waals surface area (Å²) >= 11 is 1.33. The number of hydrogen-bond donors (Lipinski definition) is 1. The molecule has 0 saturated carbocycles. The lowest BCUT2D eigenvalue weighted by Crippen LogP contribution is -2.47. The Bertz CT molecular complexity index is 1040. The van der Waals surface area contributed by atoms with Gasteiger partial charge >= 0.3 is 0 Å². The summed E-state index contributed by atoms with van der Waals surface area (Å²) in [5.41, 5.74) is 1.56. The molecule has 2 heterocycles. The lowest BCUT2D eigenvalue weighted by molar-refractivity contribution is 0.0664. The molecule has 8 heteroatoms. The molecule has 4 rings (SSSR count). The number of carbonyl (C=O) groups is 2. The lowest BCUT2D eigenvalue weighted by Gasteiger charge is -2.32. The van der Waals surface area contributed by atoms with Crippen LogP contribution in [0, 0.1) is 0 Å². The Morgan fingerprint density at radius 3 is 2.47 bits per heavy atom. The molecule has 0 bridgehead atoms. The zero-order valence-electron chi connectivity index (χ0n) is 18.0. The normalized spacial score (nSPS) is 14.2. The highest BCUT2D eigenvalue weighted by atomic mass is 32.1. The van der Waals surface area contributed by atoms with E-state index < -0.39 is 0 Å². The van der Waals surface area contributed by atoms with Crippen LogP contribution in [0.1, 0.15) is 20.0 Å². The topological polar surface area (TPSA) is 74.8 Å². The van der Waals surface area contributed by atoms with Gasteiger partial charge in [-0.3, -0.25) is 9.59 Å². The maximum Gasteiger partial charge on any atom is 0.263 e. The summed E-state index contributed by atoms with van der Waals surface area (Å²) in [7, 11) is 2.07. The quantitative estimate of drug-likeness (QED) is 0.560. The molecule has 1 N–H and O–H groups in total. The Labute approximate surface area is 191 Å². The number of nitrogens with one attached hydrogen (secondary N) is 1. The van der Waals surface area contributed by atoms with Crippen molar-refractivity contribution in [2.24, 2.45) is 0 Å². The first-order valence-corrected chi connectivity index (χ1v) is 11.4. The van der Waals surface area contributed by atoms with Crippen molar-refractivity contribution < 1.29 is 14.3 Å². The Kier molecular flexibility index (Phi) is 7.14. The molecule has 166 valence electrons. The number of hydrogen-bond acceptors (Lipinski definition) is 6. The van der Waals surface area contributed by atoms with Crippen molar-refractivity contribution in [1.82, 2.24) is 20.1 Å². The highest BCUT2D eigenvalue weighted by Gasteiger charge is 2.20. The lowest BCUT2D eigenvalue weighted by atomic mass is 10.1. The monoisotopic (exact) mass is 450 g/mol. The molecule has 3 aromatic rings. The summed E-state index contributed by atoms with van der Waals surface area (Å²) in [5.74, 6) is 0.658. The van der Waals surface area contributed by atoms with Crippen LogP contribution in [0.2, 0.25) is 0 Å². The van der Waals surface area contributed by atoms with Gasteiger partial charge in [0, 0.05) is 37.3 Å². The molecule has 1 saturated heterocycles. The standard InChI is InChI=1S/C24H26N4O3S/c1-27-12-14-28(15-13-27)24(30)19-9-7-18(8-10-19)23-26-17-21(32-23)22(29)25-11-16-31-20-5-3-2-4-6-20/h2-10,17H,11-16H2,1H3,(H,25,29). The Morgan fingerprint density at radius 2 is 1.75 bits per heavy atom. The second kappa shape index (κ2) is 10.4. The number of thiazole rings is 1. The fourth-order valence-electron chi connectivity index (χ4n) is 3.40. The molecule has 0 spiro atoms. The van der Waals surface area contributed by atoms with Gasteiger partial charge in [0.2, 0.25) is 0 Å². The predicted molar refractivity (Wildman–Crippen MR) is 125 cm³/mol. The third-order valence-electron chi connectivity index (χ3n) is 5.30. The highest BCUT2D eigenvalue weighted by molar-refractivity contribution is 7.16. The first-order valence-electron chi connectivity index (χ1n) is 10.6. The van der Waals surface area contributed by atoms with Crippen molar-refractivity contribution in [3.8, 4) is 16.3 Å². The van der Waals surface area contributed by atoms with E-state index in [1.165, 1.54) is 11.3 Å². The van der Waals surface area contributed by atoms with Crippen LogP contribution in [0.25, 0.3) is 10.6 Å². The van der Waals surface area contributed by atoms with Crippen LogP contribution >= 0.6 is 11.3 Å². The summed E-state index contributed by atoms with van der Waals surface area (Å²) in [6.07, 6.45) is 1.58. The summed E-state index contributed by atoms with van der Waals surface area (Å²) in [6, 6.07) is 16.9. The van der Waals surface area contributed by atoms with E-state index in [1.807, 2.05) is 59.5 Å². The molecule has 32 heavy (non-hydrogen) atoms. The zero-order valence-corrected chi connectivity index (χ0v) is 18.8. The van der Waals surface area contributed by atoms with Gasteiger partial charge in [-0.15, -0.1) is 11.3 Å². The van der Waals surface area contributed by atoms with Gasteiger partial charge in [-0.1, -0.05) is 30.3 Å². The van der Waals surface area contributed by atoms with E-state index >= 15 is 0 Å². The highest BCUT2D eigenvalue weighted by Crippen LogP contribution is 2.25. The van der Waals surface area contributed by atoms with Crippen molar-refractivity contribution in [3.05, 3.63) is 71.2 Å². The number of ether oxygens (including phenoxy) is 1. The SMILES string of the molecule is CN1CCN(C(=O)c2ccc(-c3ncc(C(=O)NCCOc4ccccc4)s3)cc2)CC1. The number of amides is 2. The van der Waals surface area contributed by atoms with E-state index in [0.717, 1.165) is 42.5 Å². The molecule has 1 aromatic heterocycles. The average Bonchev–Trinajstić information content (AvgIpc) is 3.33. The molecule has 1 aliphatic heterocycles. The van der Waals surface area contributed by atoms with Gasteiger partial charge in [0.25, 0.3) is 11.8 Å². The predicted octanol–water partition coefficient (Wildman–Crippen LogP) is 3.01. The van der Waals surface area contributed by atoms with Gasteiger partial charge < -0.3 is 19.9 Å². The van der Waals surface area contributed by atoms with Gasteiger partial charge in [-0.05, 0) is 31.3 Å². The van der Waals surface area contributed by atoms with Crippen LogP contribution in [0.4, 0.5) is 0 Å². The van der Waals surface area contributed by atoms with Crippen LogP contribution in [0.5, 0.6) is 5.75 Å². The maximum atomic E-state index is 12.7. The number of rotatable bonds is 7. The van der Waals surface area contributed by atoms with E-state index in [-0.39, 0.29) is 11.8 Å². The van der Waals surface area contributed by atoms with Crippen molar-refractivity contribution in [3.63, 3.8) is 0 Å². The summed E-state index contributed by atoms with van der Waals surface area (Å²) in [5, 5.41) is 3.60. The van der Waals surface area contributed by atoms with Crippen molar-refractivity contribution in [2.45, 2.75) is 0 Å². The van der Waals surface area contributed by atoms with E-state index in [1.54, 1.807) is 6.20 Å². The molecule has 2 aromatic carbocycles. The van der Waals surface area contributed by atoms with E-state index in [4.69, 9.17) is 4.74 Å². The van der Waals surface area contributed by atoms with E-state index in [0.29, 0.717) is 23.6 Å². The number of piperazine rings is 1. The Morgan fingerprint density at radius 1 is 1.03 bits per heavy atom. The van der Waals surface area contributed by atoms with Gasteiger partial charge in [-0.2, -0.15) is 0 Å². The number of likely N-dealkylation sites (N-methyl/N-ethyl adjacent to an activating group) is 1. The van der Waals surface area contributed by atoms with Crippen LogP contribution in [0.15, 0.2) is 60.8 Å². The average molecular weight is 451 g/mol. The van der Waals surface area contributed by atoms with E-state index in [9.17, 15) is 9.59 Å². The number of carbonyl (C=O) groups excluding carboxylic acids is 2. The second-order valence-electron chi connectivity index (χ2n) is 7.62. The fraction of sp³-hybridized carbons (Fsp3) is 0.292. The van der Waals surface area contributed by atoms with Crippen molar-refractivity contribution in [2.75, 3.05) is 46.4 Å². The van der Waals surface area contributed by atoms with Crippen LogP contribution in [-0.2, 0) is 0 Å². The van der Waals surface area contributed by atoms with Gasteiger partial charge in [0.15, 0.2) is 0 Å². The number of nitrogens with zero attached hydrogens (tertiary/aromatic N) is 3. The van der Waals surface area contributed by atoms with Crippen molar-refractivity contribution in [1.29, 1.82) is 0 Å². The number of benzene rings is 2. The molecule has 0 aliphatic carbocycles. The first-order chi connectivity index (χ1) is 15.6. The third-order valence-corrected chi connectivity index (χ3v) is 6.34. The molecular weight excluding hydrogens is 424 g/mol. The first kappa shape index (κ1) is 22.0. The van der Waals surface area contributed by atoms with Gasteiger partial charge in [0.1, 0.15) is 22.2 Å². The largest absolute Gasteiger partial charge is 0.492 e. The molecule has 1 aliphatic rings. The Hall–Kier alpha value is -3.23. The molecule has 7 nitrogen and oxygen atoms in total. The smallest absolute Gasteiger partial charge is 0.263 e.